The van der Waals surface area contributed by atoms with E-state index in [1.165, 1.54) is 0 Å². The second-order valence-electron chi connectivity index (χ2n) is 3.10. The number of carbonyl (C=O) groups is 1. The standard InChI is InChI=1S/C7H14N2O2/c1-4-5(2)9(3)7(11)8-6(4)10/h4-6,10H,1-3H3,(H,8,11). The van der Waals surface area contributed by atoms with Crippen LogP contribution in [0.5, 0.6) is 0 Å². The Bertz CT molecular complexity index is 172. The highest BCUT2D eigenvalue weighted by atomic mass is 16.3. The fourth-order valence-electron chi connectivity index (χ4n) is 1.16. The summed E-state index contributed by atoms with van der Waals surface area (Å²) in [5.74, 6) is 0.0812. The highest BCUT2D eigenvalue weighted by molar-refractivity contribution is 5.75. The average Bonchev–Trinajstić information content (AvgIpc) is 1.97. The van der Waals surface area contributed by atoms with Crippen LogP contribution in [-0.2, 0) is 0 Å². The Labute approximate surface area is 66.2 Å². The van der Waals surface area contributed by atoms with E-state index in [2.05, 4.69) is 5.32 Å². The van der Waals surface area contributed by atoms with Crippen LogP contribution in [0.25, 0.3) is 0 Å². The number of urea groups is 1. The second-order valence-corrected chi connectivity index (χ2v) is 3.10. The molecule has 3 unspecified atom stereocenters. The van der Waals surface area contributed by atoms with Gasteiger partial charge in [-0.2, -0.15) is 0 Å². The Kier molecular flexibility index (Phi) is 2.04. The van der Waals surface area contributed by atoms with E-state index in [-0.39, 0.29) is 18.0 Å². The van der Waals surface area contributed by atoms with Gasteiger partial charge in [-0.05, 0) is 6.92 Å². The van der Waals surface area contributed by atoms with Gasteiger partial charge in [0.2, 0.25) is 0 Å². The molecule has 0 spiro atoms. The first kappa shape index (κ1) is 8.33. The first-order chi connectivity index (χ1) is 5.04. The molecule has 0 aromatic rings. The molecule has 3 atom stereocenters. The lowest BCUT2D eigenvalue weighted by Gasteiger charge is -2.38. The lowest BCUT2D eigenvalue weighted by Crippen LogP contribution is -2.58. The summed E-state index contributed by atoms with van der Waals surface area (Å²) in [4.78, 5) is 12.6. The molecule has 4 heteroatoms. The Morgan fingerprint density at radius 2 is 2.09 bits per heavy atom. The van der Waals surface area contributed by atoms with Crippen LogP contribution < -0.4 is 5.32 Å². The lowest BCUT2D eigenvalue weighted by molar-refractivity contribution is 0.0209. The Balaban J connectivity index is 2.70. The summed E-state index contributed by atoms with van der Waals surface area (Å²) in [6.07, 6.45) is -0.700. The monoisotopic (exact) mass is 158 g/mol. The number of carbonyl (C=O) groups excluding carboxylic acids is 1. The van der Waals surface area contributed by atoms with Gasteiger partial charge in [0, 0.05) is 19.0 Å². The molecule has 1 heterocycles. The molecule has 1 aliphatic heterocycles. The van der Waals surface area contributed by atoms with Crippen molar-refractivity contribution in [2.45, 2.75) is 26.1 Å². The van der Waals surface area contributed by atoms with Crippen LogP contribution in [-0.4, -0.2) is 35.4 Å². The minimum absolute atomic E-state index is 0.0812. The van der Waals surface area contributed by atoms with E-state index in [0.717, 1.165) is 0 Å². The minimum atomic E-state index is -0.700. The number of hydrogen-bond donors (Lipinski definition) is 2. The molecule has 1 saturated heterocycles. The Morgan fingerprint density at radius 3 is 2.64 bits per heavy atom. The molecule has 1 fully saturated rings. The molecule has 0 aliphatic carbocycles. The molecule has 1 aliphatic rings. The fourth-order valence-corrected chi connectivity index (χ4v) is 1.16. The lowest BCUT2D eigenvalue weighted by atomic mass is 9.99. The van der Waals surface area contributed by atoms with E-state index in [1.807, 2.05) is 13.8 Å². The molecular weight excluding hydrogens is 144 g/mol. The van der Waals surface area contributed by atoms with Crippen molar-refractivity contribution in [3.05, 3.63) is 0 Å². The molecule has 0 radical (unpaired) electrons. The molecule has 11 heavy (non-hydrogen) atoms. The number of aliphatic hydroxyl groups is 1. The normalized spacial score (nSPS) is 38.7. The van der Waals surface area contributed by atoms with Crippen molar-refractivity contribution in [1.82, 2.24) is 10.2 Å². The van der Waals surface area contributed by atoms with Gasteiger partial charge in [0.05, 0.1) is 0 Å². The maximum Gasteiger partial charge on any atom is 0.319 e. The third kappa shape index (κ3) is 1.30. The zero-order valence-electron chi connectivity index (χ0n) is 7.03. The summed E-state index contributed by atoms with van der Waals surface area (Å²) in [5, 5.41) is 11.7. The van der Waals surface area contributed by atoms with Gasteiger partial charge in [0.25, 0.3) is 0 Å². The van der Waals surface area contributed by atoms with E-state index >= 15 is 0 Å². The molecule has 64 valence electrons. The number of rotatable bonds is 0. The Morgan fingerprint density at radius 1 is 1.55 bits per heavy atom. The number of nitrogens with one attached hydrogen (secondary N) is 1. The Hall–Kier alpha value is -0.770. The van der Waals surface area contributed by atoms with E-state index in [9.17, 15) is 9.90 Å². The van der Waals surface area contributed by atoms with Crippen molar-refractivity contribution in [2.24, 2.45) is 5.92 Å². The third-order valence-electron chi connectivity index (χ3n) is 2.46. The average molecular weight is 158 g/mol. The van der Waals surface area contributed by atoms with Crippen LogP contribution in [0.2, 0.25) is 0 Å². The highest BCUT2D eigenvalue weighted by Crippen LogP contribution is 2.16. The number of amides is 2. The van der Waals surface area contributed by atoms with Crippen molar-refractivity contribution in [3.63, 3.8) is 0 Å². The summed E-state index contributed by atoms with van der Waals surface area (Å²) in [5.41, 5.74) is 0. The summed E-state index contributed by atoms with van der Waals surface area (Å²) in [7, 11) is 1.72. The van der Waals surface area contributed by atoms with Crippen molar-refractivity contribution in [1.29, 1.82) is 0 Å². The second kappa shape index (κ2) is 2.70. The SMILES string of the molecule is CC1C(O)NC(=O)N(C)C1C. The van der Waals surface area contributed by atoms with E-state index < -0.39 is 6.23 Å². The van der Waals surface area contributed by atoms with Gasteiger partial charge in [-0.15, -0.1) is 0 Å². The minimum Gasteiger partial charge on any atom is -0.373 e. The number of nitrogens with zero attached hydrogens (tertiary/aromatic N) is 1. The van der Waals surface area contributed by atoms with Gasteiger partial charge in [0.1, 0.15) is 6.23 Å². The largest absolute Gasteiger partial charge is 0.373 e. The quantitative estimate of drug-likeness (QED) is 0.520. The summed E-state index contributed by atoms with van der Waals surface area (Å²) in [6.45, 7) is 3.83. The third-order valence-corrected chi connectivity index (χ3v) is 2.46. The molecule has 0 aromatic heterocycles. The predicted octanol–water partition coefficient (Wildman–Crippen LogP) is -0.0156. The highest BCUT2D eigenvalue weighted by Gasteiger charge is 2.33. The molecule has 2 amide bonds. The van der Waals surface area contributed by atoms with Crippen LogP contribution in [0, 0.1) is 5.92 Å². The first-order valence-corrected chi connectivity index (χ1v) is 3.75. The fraction of sp³-hybridized carbons (Fsp3) is 0.857. The van der Waals surface area contributed by atoms with Crippen molar-refractivity contribution in [2.75, 3.05) is 7.05 Å². The smallest absolute Gasteiger partial charge is 0.319 e. The number of hydrogen-bond acceptors (Lipinski definition) is 2. The van der Waals surface area contributed by atoms with E-state index in [0.29, 0.717) is 0 Å². The molecule has 0 aromatic carbocycles. The zero-order chi connectivity index (χ0) is 8.59. The summed E-state index contributed by atoms with van der Waals surface area (Å²) >= 11 is 0. The molecule has 0 saturated carbocycles. The van der Waals surface area contributed by atoms with Crippen molar-refractivity contribution >= 4 is 6.03 Å². The van der Waals surface area contributed by atoms with Crippen molar-refractivity contribution in [3.8, 4) is 0 Å². The van der Waals surface area contributed by atoms with E-state index in [4.69, 9.17) is 0 Å². The molecular formula is C7H14N2O2. The van der Waals surface area contributed by atoms with Crippen LogP contribution in [0.3, 0.4) is 0 Å². The van der Waals surface area contributed by atoms with E-state index in [1.54, 1.807) is 11.9 Å². The molecule has 0 bridgehead atoms. The molecule has 1 rings (SSSR count). The van der Waals surface area contributed by atoms with Crippen LogP contribution in [0.1, 0.15) is 13.8 Å². The van der Waals surface area contributed by atoms with Crippen LogP contribution >= 0.6 is 0 Å². The number of aliphatic hydroxyl groups excluding tert-OH is 1. The molecule has 2 N–H and O–H groups in total. The van der Waals surface area contributed by atoms with Gasteiger partial charge in [-0.1, -0.05) is 6.92 Å². The maximum absolute atomic E-state index is 11.0. The van der Waals surface area contributed by atoms with Gasteiger partial charge in [-0.3, -0.25) is 0 Å². The maximum atomic E-state index is 11.0. The van der Waals surface area contributed by atoms with Gasteiger partial charge in [-0.25, -0.2) is 4.79 Å². The first-order valence-electron chi connectivity index (χ1n) is 3.75. The van der Waals surface area contributed by atoms with Gasteiger partial charge >= 0.3 is 6.03 Å². The van der Waals surface area contributed by atoms with Gasteiger partial charge < -0.3 is 15.3 Å². The molecule has 4 nitrogen and oxygen atoms in total. The van der Waals surface area contributed by atoms with Crippen LogP contribution in [0.15, 0.2) is 0 Å². The predicted molar refractivity (Wildman–Crippen MR) is 40.9 cm³/mol. The summed E-state index contributed by atoms with van der Waals surface area (Å²) in [6, 6.07) is -0.109. The van der Waals surface area contributed by atoms with Crippen LogP contribution in [0.4, 0.5) is 4.79 Å². The summed E-state index contributed by atoms with van der Waals surface area (Å²) < 4.78 is 0. The van der Waals surface area contributed by atoms with Gasteiger partial charge in [0.15, 0.2) is 0 Å². The topological polar surface area (TPSA) is 52.6 Å². The van der Waals surface area contributed by atoms with Crippen molar-refractivity contribution < 1.29 is 9.90 Å². The zero-order valence-corrected chi connectivity index (χ0v) is 7.03.